The molecule has 2 atom stereocenters. The molecule has 4 heteroatoms. The molecule has 0 aliphatic heterocycles. The molecule has 0 spiro atoms. The van der Waals surface area contributed by atoms with E-state index < -0.39 is 5.54 Å². The third-order valence-corrected chi connectivity index (χ3v) is 4.45. The monoisotopic (exact) mass is 255 g/mol. The van der Waals surface area contributed by atoms with Crippen LogP contribution in [0, 0.1) is 5.92 Å². The molecule has 2 unspecified atom stereocenters. The fourth-order valence-corrected chi connectivity index (χ4v) is 2.96. The van der Waals surface area contributed by atoms with Crippen LogP contribution in [0.1, 0.15) is 46.5 Å². The lowest BCUT2D eigenvalue weighted by Gasteiger charge is -2.29. The van der Waals surface area contributed by atoms with Gasteiger partial charge in [-0.25, -0.2) is 0 Å². The second kappa shape index (κ2) is 7.10. The Hall–Kier alpha value is -0.610. The van der Waals surface area contributed by atoms with Gasteiger partial charge >= 0.3 is 0 Å². The van der Waals surface area contributed by atoms with E-state index in [1.165, 1.54) is 0 Å². The summed E-state index contributed by atoms with van der Waals surface area (Å²) in [7, 11) is 0. The topological polar surface area (TPSA) is 58.4 Å². The quantitative estimate of drug-likeness (QED) is 0.688. The van der Waals surface area contributed by atoms with Crippen LogP contribution in [0.15, 0.2) is 0 Å². The Morgan fingerprint density at radius 3 is 2.50 bits per heavy atom. The highest BCUT2D eigenvalue weighted by Gasteiger charge is 2.42. The molecule has 1 amide bonds. The van der Waals surface area contributed by atoms with Crippen molar-refractivity contribution >= 4 is 5.91 Å². The summed E-state index contributed by atoms with van der Waals surface area (Å²) in [6.07, 6.45) is 4.08. The van der Waals surface area contributed by atoms with Crippen LogP contribution in [-0.4, -0.2) is 42.5 Å². The third-order valence-electron chi connectivity index (χ3n) is 4.45. The summed E-state index contributed by atoms with van der Waals surface area (Å²) in [5.74, 6) is 0.483. The van der Waals surface area contributed by atoms with Gasteiger partial charge in [-0.2, -0.15) is 0 Å². The molecule has 0 aromatic carbocycles. The lowest BCUT2D eigenvalue weighted by Crippen LogP contribution is -2.55. The third kappa shape index (κ3) is 3.69. The number of amides is 1. The largest absolute Gasteiger partial charge is 0.368 e. The maximum absolute atomic E-state index is 11.7. The molecule has 1 aliphatic rings. The standard InChI is InChI=1S/C14H29N3O/c1-4-12-7-8-14(11-12,13(15)18)16-9-10-17(5-2)6-3/h12,16H,4-11H2,1-3H3,(H2,15,18). The summed E-state index contributed by atoms with van der Waals surface area (Å²) in [6, 6.07) is 0. The zero-order chi connectivity index (χ0) is 13.6. The smallest absolute Gasteiger partial charge is 0.237 e. The molecular weight excluding hydrogens is 226 g/mol. The van der Waals surface area contributed by atoms with Gasteiger partial charge in [0, 0.05) is 13.1 Å². The Bertz CT molecular complexity index is 266. The highest BCUT2D eigenvalue weighted by atomic mass is 16.1. The van der Waals surface area contributed by atoms with Gasteiger partial charge in [-0.05, 0) is 38.3 Å². The van der Waals surface area contributed by atoms with E-state index in [9.17, 15) is 4.79 Å². The van der Waals surface area contributed by atoms with E-state index in [0.29, 0.717) is 5.92 Å². The molecule has 1 aliphatic carbocycles. The minimum Gasteiger partial charge on any atom is -0.368 e. The average Bonchev–Trinajstić information content (AvgIpc) is 2.80. The average molecular weight is 255 g/mol. The van der Waals surface area contributed by atoms with Crippen molar-refractivity contribution in [1.29, 1.82) is 0 Å². The molecular formula is C14H29N3O. The number of likely N-dealkylation sites (N-methyl/N-ethyl adjacent to an activating group) is 1. The first-order valence-corrected chi connectivity index (χ1v) is 7.35. The van der Waals surface area contributed by atoms with E-state index in [2.05, 4.69) is 31.0 Å². The molecule has 1 saturated carbocycles. The SMILES string of the molecule is CCC1CCC(NCCN(CC)CC)(C(N)=O)C1. The molecule has 18 heavy (non-hydrogen) atoms. The zero-order valence-electron chi connectivity index (χ0n) is 12.2. The number of hydrogen-bond acceptors (Lipinski definition) is 3. The van der Waals surface area contributed by atoms with E-state index >= 15 is 0 Å². The summed E-state index contributed by atoms with van der Waals surface area (Å²) in [5.41, 5.74) is 5.18. The Morgan fingerprint density at radius 2 is 2.06 bits per heavy atom. The van der Waals surface area contributed by atoms with Gasteiger partial charge in [0.1, 0.15) is 0 Å². The Balaban J connectivity index is 2.47. The number of nitrogens with zero attached hydrogens (tertiary/aromatic N) is 1. The minimum atomic E-state index is -0.437. The van der Waals surface area contributed by atoms with E-state index in [0.717, 1.165) is 51.9 Å². The molecule has 0 aromatic heterocycles. The molecule has 0 heterocycles. The zero-order valence-corrected chi connectivity index (χ0v) is 12.2. The molecule has 0 radical (unpaired) electrons. The van der Waals surface area contributed by atoms with Crippen molar-refractivity contribution in [1.82, 2.24) is 10.2 Å². The second-order valence-electron chi connectivity index (χ2n) is 5.42. The summed E-state index contributed by atoms with van der Waals surface area (Å²) in [4.78, 5) is 14.1. The summed E-state index contributed by atoms with van der Waals surface area (Å²) in [6.45, 7) is 10.5. The number of rotatable bonds is 8. The number of nitrogens with one attached hydrogen (secondary N) is 1. The number of nitrogens with two attached hydrogens (primary N) is 1. The van der Waals surface area contributed by atoms with Crippen LogP contribution in [0.25, 0.3) is 0 Å². The van der Waals surface area contributed by atoms with Crippen molar-refractivity contribution in [3.05, 3.63) is 0 Å². The van der Waals surface area contributed by atoms with Crippen LogP contribution >= 0.6 is 0 Å². The van der Waals surface area contributed by atoms with Crippen LogP contribution in [0.2, 0.25) is 0 Å². The maximum Gasteiger partial charge on any atom is 0.237 e. The van der Waals surface area contributed by atoms with Gasteiger partial charge < -0.3 is 16.0 Å². The van der Waals surface area contributed by atoms with Gasteiger partial charge in [0.25, 0.3) is 0 Å². The van der Waals surface area contributed by atoms with Crippen molar-refractivity contribution in [2.24, 2.45) is 11.7 Å². The van der Waals surface area contributed by atoms with Gasteiger partial charge in [0.15, 0.2) is 0 Å². The van der Waals surface area contributed by atoms with Crippen LogP contribution in [0.5, 0.6) is 0 Å². The van der Waals surface area contributed by atoms with Gasteiger partial charge in [-0.3, -0.25) is 4.79 Å². The molecule has 0 saturated heterocycles. The Morgan fingerprint density at radius 1 is 1.39 bits per heavy atom. The van der Waals surface area contributed by atoms with Gasteiger partial charge in [-0.15, -0.1) is 0 Å². The Kier molecular flexibility index (Phi) is 6.09. The van der Waals surface area contributed by atoms with Crippen molar-refractivity contribution in [2.75, 3.05) is 26.2 Å². The van der Waals surface area contributed by atoms with Crippen molar-refractivity contribution in [3.8, 4) is 0 Å². The van der Waals surface area contributed by atoms with Gasteiger partial charge in [0.2, 0.25) is 5.91 Å². The predicted molar refractivity (Wildman–Crippen MR) is 75.3 cm³/mol. The number of carbonyl (C=O) groups is 1. The number of hydrogen-bond donors (Lipinski definition) is 2. The van der Waals surface area contributed by atoms with Crippen molar-refractivity contribution in [2.45, 2.75) is 52.0 Å². The van der Waals surface area contributed by atoms with E-state index in [-0.39, 0.29) is 5.91 Å². The van der Waals surface area contributed by atoms with E-state index in [4.69, 9.17) is 5.73 Å². The van der Waals surface area contributed by atoms with Crippen LogP contribution in [0.4, 0.5) is 0 Å². The minimum absolute atomic E-state index is 0.169. The molecule has 106 valence electrons. The molecule has 0 aromatic rings. The predicted octanol–water partition coefficient (Wildman–Crippen LogP) is 1.35. The van der Waals surface area contributed by atoms with Gasteiger partial charge in [-0.1, -0.05) is 27.2 Å². The maximum atomic E-state index is 11.7. The number of primary amides is 1. The summed E-state index contributed by atoms with van der Waals surface area (Å²) in [5, 5.41) is 3.44. The number of carbonyl (C=O) groups excluding carboxylic acids is 1. The lowest BCUT2D eigenvalue weighted by molar-refractivity contribution is -0.124. The molecule has 1 rings (SSSR count). The summed E-state index contributed by atoms with van der Waals surface area (Å²) < 4.78 is 0. The van der Waals surface area contributed by atoms with Gasteiger partial charge in [0.05, 0.1) is 5.54 Å². The fourth-order valence-electron chi connectivity index (χ4n) is 2.96. The Labute approximate surface area is 111 Å². The first-order valence-electron chi connectivity index (χ1n) is 7.35. The molecule has 4 nitrogen and oxygen atoms in total. The van der Waals surface area contributed by atoms with E-state index in [1.807, 2.05) is 0 Å². The van der Waals surface area contributed by atoms with Crippen molar-refractivity contribution in [3.63, 3.8) is 0 Å². The van der Waals surface area contributed by atoms with E-state index in [1.54, 1.807) is 0 Å². The van der Waals surface area contributed by atoms with Crippen LogP contribution in [0.3, 0.4) is 0 Å². The highest BCUT2D eigenvalue weighted by Crippen LogP contribution is 2.36. The van der Waals surface area contributed by atoms with Crippen LogP contribution < -0.4 is 11.1 Å². The highest BCUT2D eigenvalue weighted by molar-refractivity contribution is 5.85. The normalized spacial score (nSPS) is 27.9. The molecule has 3 N–H and O–H groups in total. The van der Waals surface area contributed by atoms with Crippen LogP contribution in [-0.2, 0) is 4.79 Å². The molecule has 1 fully saturated rings. The lowest BCUT2D eigenvalue weighted by atomic mass is 9.94. The fraction of sp³-hybridized carbons (Fsp3) is 0.929. The van der Waals surface area contributed by atoms with Crippen molar-refractivity contribution < 1.29 is 4.79 Å². The molecule has 0 bridgehead atoms. The first kappa shape index (κ1) is 15.4. The second-order valence-corrected chi connectivity index (χ2v) is 5.42. The first-order chi connectivity index (χ1) is 8.57. The summed E-state index contributed by atoms with van der Waals surface area (Å²) >= 11 is 0.